The summed E-state index contributed by atoms with van der Waals surface area (Å²) in [5, 5.41) is 14.6. The number of aryl methyl sites for hydroxylation is 1. The first-order chi connectivity index (χ1) is 11.5. The molecule has 0 atom stereocenters. The molecule has 1 amide bonds. The number of carbonyl (C=O) groups excluding carboxylic acids is 1. The number of nitrogens with zero attached hydrogens (tertiary/aromatic N) is 3. The normalized spacial score (nSPS) is 10.7. The number of anilines is 2. The highest BCUT2D eigenvalue weighted by molar-refractivity contribution is 6.30. The van der Waals surface area contributed by atoms with E-state index >= 15 is 0 Å². The molecule has 7 heteroatoms. The number of amides is 1. The fourth-order valence-corrected chi connectivity index (χ4v) is 2.34. The van der Waals surface area contributed by atoms with Crippen molar-refractivity contribution in [3.63, 3.8) is 0 Å². The van der Waals surface area contributed by atoms with Crippen molar-refractivity contribution in [2.75, 3.05) is 37.8 Å². The van der Waals surface area contributed by atoms with Crippen LogP contribution >= 0.6 is 11.6 Å². The zero-order chi connectivity index (χ0) is 17.5. The zero-order valence-corrected chi connectivity index (χ0v) is 14.9. The van der Waals surface area contributed by atoms with Crippen LogP contribution in [0, 0.1) is 6.92 Å². The van der Waals surface area contributed by atoms with Crippen molar-refractivity contribution in [1.82, 2.24) is 15.1 Å². The summed E-state index contributed by atoms with van der Waals surface area (Å²) in [5.41, 5.74) is 1.86. The molecule has 0 spiro atoms. The minimum absolute atomic E-state index is 0.267. The van der Waals surface area contributed by atoms with Crippen LogP contribution in [0.2, 0.25) is 5.02 Å². The summed E-state index contributed by atoms with van der Waals surface area (Å²) >= 11 is 5.91. The first-order valence-corrected chi connectivity index (χ1v) is 8.13. The van der Waals surface area contributed by atoms with Gasteiger partial charge in [-0.3, -0.25) is 4.79 Å². The predicted molar refractivity (Wildman–Crippen MR) is 97.8 cm³/mol. The minimum atomic E-state index is -0.299. The number of nitrogens with one attached hydrogen (secondary N) is 2. The van der Waals surface area contributed by atoms with Gasteiger partial charge in [0.05, 0.1) is 0 Å². The van der Waals surface area contributed by atoms with E-state index in [-0.39, 0.29) is 11.6 Å². The lowest BCUT2D eigenvalue weighted by Gasteiger charge is -2.10. The lowest BCUT2D eigenvalue weighted by molar-refractivity contribution is 0.102. The maximum absolute atomic E-state index is 12.2. The summed E-state index contributed by atoms with van der Waals surface area (Å²) in [7, 11) is 4.07. The number of benzene rings is 1. The highest BCUT2D eigenvalue weighted by Crippen LogP contribution is 2.20. The maximum Gasteiger partial charge on any atom is 0.276 e. The SMILES string of the molecule is Cc1cc(Cl)ccc1NC(=O)c1ccc(NCCCN(C)C)nn1. The quantitative estimate of drug-likeness (QED) is 0.753. The molecule has 0 aliphatic heterocycles. The van der Waals surface area contributed by atoms with Crippen molar-refractivity contribution >= 4 is 29.0 Å². The van der Waals surface area contributed by atoms with E-state index in [0.29, 0.717) is 16.5 Å². The lowest BCUT2D eigenvalue weighted by atomic mass is 10.2. The molecule has 2 aromatic rings. The molecule has 0 unspecified atom stereocenters. The third kappa shape index (κ3) is 5.47. The summed E-state index contributed by atoms with van der Waals surface area (Å²) in [6.07, 6.45) is 1.01. The summed E-state index contributed by atoms with van der Waals surface area (Å²) in [5.74, 6) is 0.361. The molecule has 2 rings (SSSR count). The summed E-state index contributed by atoms with van der Waals surface area (Å²) < 4.78 is 0. The van der Waals surface area contributed by atoms with Crippen molar-refractivity contribution in [2.45, 2.75) is 13.3 Å². The van der Waals surface area contributed by atoms with Crippen molar-refractivity contribution < 1.29 is 4.79 Å². The van der Waals surface area contributed by atoms with Gasteiger partial charge in [-0.05, 0) is 69.9 Å². The van der Waals surface area contributed by atoms with Gasteiger partial charge in [0.2, 0.25) is 0 Å². The number of aromatic nitrogens is 2. The van der Waals surface area contributed by atoms with Gasteiger partial charge in [-0.2, -0.15) is 0 Å². The summed E-state index contributed by atoms with van der Waals surface area (Å²) in [4.78, 5) is 14.3. The Kier molecular flexibility index (Phi) is 6.52. The Balaban J connectivity index is 1.91. The molecule has 1 aromatic heterocycles. The van der Waals surface area contributed by atoms with Crippen LogP contribution < -0.4 is 10.6 Å². The standard InChI is InChI=1S/C17H22ClN5O/c1-12-11-13(18)5-6-14(12)20-17(24)15-7-8-16(22-21-15)19-9-4-10-23(2)3/h5-8,11H,4,9-10H2,1-3H3,(H,19,22)(H,20,24). The Morgan fingerprint density at radius 1 is 1.21 bits per heavy atom. The number of halogens is 1. The van der Waals surface area contributed by atoms with Gasteiger partial charge in [0.1, 0.15) is 5.82 Å². The number of carbonyl (C=O) groups is 1. The van der Waals surface area contributed by atoms with E-state index in [1.807, 2.05) is 21.0 Å². The average Bonchev–Trinajstić information content (AvgIpc) is 2.54. The summed E-state index contributed by atoms with van der Waals surface area (Å²) in [6, 6.07) is 8.71. The Morgan fingerprint density at radius 3 is 2.62 bits per heavy atom. The maximum atomic E-state index is 12.2. The molecular weight excluding hydrogens is 326 g/mol. The molecule has 0 radical (unpaired) electrons. The second-order valence-electron chi connectivity index (χ2n) is 5.80. The van der Waals surface area contributed by atoms with E-state index in [0.717, 1.165) is 25.1 Å². The smallest absolute Gasteiger partial charge is 0.276 e. The Morgan fingerprint density at radius 2 is 2.00 bits per heavy atom. The lowest BCUT2D eigenvalue weighted by Crippen LogP contribution is -2.17. The molecule has 0 saturated heterocycles. The monoisotopic (exact) mass is 347 g/mol. The Bertz CT molecular complexity index is 688. The van der Waals surface area contributed by atoms with Gasteiger partial charge in [-0.15, -0.1) is 10.2 Å². The van der Waals surface area contributed by atoms with Gasteiger partial charge in [-0.1, -0.05) is 11.6 Å². The first-order valence-electron chi connectivity index (χ1n) is 7.75. The van der Waals surface area contributed by atoms with Gasteiger partial charge in [0, 0.05) is 17.3 Å². The second kappa shape index (κ2) is 8.61. The fraction of sp³-hybridized carbons (Fsp3) is 0.353. The Hall–Kier alpha value is -2.18. The number of rotatable bonds is 7. The molecule has 6 nitrogen and oxygen atoms in total. The topological polar surface area (TPSA) is 70.2 Å². The fourth-order valence-electron chi connectivity index (χ4n) is 2.11. The molecule has 2 N–H and O–H groups in total. The molecule has 1 aromatic carbocycles. The highest BCUT2D eigenvalue weighted by atomic mass is 35.5. The molecule has 128 valence electrons. The average molecular weight is 348 g/mol. The zero-order valence-electron chi connectivity index (χ0n) is 14.1. The van der Waals surface area contributed by atoms with Crippen LogP contribution in [0.25, 0.3) is 0 Å². The second-order valence-corrected chi connectivity index (χ2v) is 6.24. The number of hydrogen-bond acceptors (Lipinski definition) is 5. The van der Waals surface area contributed by atoms with E-state index in [1.165, 1.54) is 0 Å². The van der Waals surface area contributed by atoms with Crippen molar-refractivity contribution in [3.8, 4) is 0 Å². The minimum Gasteiger partial charge on any atom is -0.369 e. The third-order valence-electron chi connectivity index (χ3n) is 3.42. The third-order valence-corrected chi connectivity index (χ3v) is 3.66. The van der Waals surface area contributed by atoms with E-state index in [1.54, 1.807) is 30.3 Å². The molecule has 1 heterocycles. The van der Waals surface area contributed by atoms with Crippen LogP contribution in [0.5, 0.6) is 0 Å². The van der Waals surface area contributed by atoms with Crippen molar-refractivity contribution in [1.29, 1.82) is 0 Å². The van der Waals surface area contributed by atoms with Gasteiger partial charge >= 0.3 is 0 Å². The Labute approximate surface area is 147 Å². The van der Waals surface area contributed by atoms with Crippen LogP contribution in [0.15, 0.2) is 30.3 Å². The molecular formula is C17H22ClN5O. The summed E-state index contributed by atoms with van der Waals surface area (Å²) in [6.45, 7) is 3.69. The van der Waals surface area contributed by atoms with E-state index in [4.69, 9.17) is 11.6 Å². The molecule has 0 fully saturated rings. The van der Waals surface area contributed by atoms with Gasteiger partial charge < -0.3 is 15.5 Å². The largest absolute Gasteiger partial charge is 0.369 e. The van der Waals surface area contributed by atoms with E-state index in [9.17, 15) is 4.79 Å². The van der Waals surface area contributed by atoms with E-state index in [2.05, 4.69) is 25.7 Å². The van der Waals surface area contributed by atoms with Crippen LogP contribution in [0.1, 0.15) is 22.5 Å². The predicted octanol–water partition coefficient (Wildman–Crippen LogP) is 3.05. The molecule has 0 aliphatic rings. The van der Waals surface area contributed by atoms with Gasteiger partial charge in [-0.25, -0.2) is 0 Å². The molecule has 0 aliphatic carbocycles. The van der Waals surface area contributed by atoms with Crippen molar-refractivity contribution in [2.24, 2.45) is 0 Å². The van der Waals surface area contributed by atoms with Gasteiger partial charge in [0.15, 0.2) is 5.69 Å². The van der Waals surface area contributed by atoms with Crippen LogP contribution in [-0.4, -0.2) is 48.2 Å². The first kappa shape index (κ1) is 18.2. The van der Waals surface area contributed by atoms with Gasteiger partial charge in [0.25, 0.3) is 5.91 Å². The highest BCUT2D eigenvalue weighted by Gasteiger charge is 2.10. The molecule has 0 bridgehead atoms. The van der Waals surface area contributed by atoms with Crippen LogP contribution in [0.4, 0.5) is 11.5 Å². The van der Waals surface area contributed by atoms with Crippen LogP contribution in [0.3, 0.4) is 0 Å². The molecule has 24 heavy (non-hydrogen) atoms. The van der Waals surface area contributed by atoms with Crippen LogP contribution in [-0.2, 0) is 0 Å². The number of hydrogen-bond donors (Lipinski definition) is 2. The molecule has 0 saturated carbocycles. The van der Waals surface area contributed by atoms with Crippen molar-refractivity contribution in [3.05, 3.63) is 46.6 Å². The van der Waals surface area contributed by atoms with E-state index < -0.39 is 0 Å².